The van der Waals surface area contributed by atoms with E-state index < -0.39 is 11.0 Å². The van der Waals surface area contributed by atoms with Gasteiger partial charge in [-0.25, -0.2) is 0 Å². The highest BCUT2D eigenvalue weighted by molar-refractivity contribution is 6.05. The molecule has 19 heavy (non-hydrogen) atoms. The van der Waals surface area contributed by atoms with E-state index in [2.05, 4.69) is 10.6 Å². The van der Waals surface area contributed by atoms with Gasteiger partial charge in [-0.05, 0) is 26.8 Å². The molecule has 0 aliphatic carbocycles. The van der Waals surface area contributed by atoms with Crippen LogP contribution in [0.15, 0.2) is 11.8 Å². The molecule has 0 aromatic heterocycles. The van der Waals surface area contributed by atoms with Crippen molar-refractivity contribution in [2.45, 2.75) is 53.5 Å². The first-order valence-corrected chi connectivity index (χ1v) is 6.57. The Bertz CT molecular complexity index is 365. The van der Waals surface area contributed by atoms with E-state index in [1.807, 2.05) is 27.7 Å². The topological polar surface area (TPSA) is 85.2 Å². The van der Waals surface area contributed by atoms with Gasteiger partial charge in [0.1, 0.15) is 11.6 Å². The Balaban J connectivity index is 4.62. The summed E-state index contributed by atoms with van der Waals surface area (Å²) in [5.74, 6) is -0.329. The van der Waals surface area contributed by atoms with Crippen LogP contribution < -0.4 is 10.6 Å². The maximum absolute atomic E-state index is 12.0. The van der Waals surface area contributed by atoms with E-state index in [1.165, 1.54) is 6.08 Å². The number of carbonyl (C=O) groups excluding carboxylic acids is 1. The summed E-state index contributed by atoms with van der Waals surface area (Å²) in [4.78, 5) is 12.0. The molecule has 0 aliphatic heterocycles. The Labute approximate surface area is 116 Å². The van der Waals surface area contributed by atoms with Crippen LogP contribution in [0.5, 0.6) is 0 Å². The molecule has 0 saturated carbocycles. The molecule has 0 unspecified atom stereocenters. The summed E-state index contributed by atoms with van der Waals surface area (Å²) in [5, 5.41) is 23.0. The highest BCUT2D eigenvalue weighted by atomic mass is 16.3. The van der Waals surface area contributed by atoms with Gasteiger partial charge in [0.25, 0.3) is 0 Å². The number of rotatable bonds is 5. The molecule has 4 N–H and O–H groups in total. The van der Waals surface area contributed by atoms with Crippen LogP contribution in [-0.2, 0) is 4.79 Å². The Morgan fingerprint density at radius 2 is 1.79 bits per heavy atom. The van der Waals surface area contributed by atoms with Crippen LogP contribution in [0.3, 0.4) is 0 Å². The second-order valence-electron chi connectivity index (χ2n) is 6.20. The average Bonchev–Trinajstić information content (AvgIpc) is 2.24. The van der Waals surface area contributed by atoms with Crippen molar-refractivity contribution in [2.24, 2.45) is 5.41 Å². The van der Waals surface area contributed by atoms with E-state index in [9.17, 15) is 9.90 Å². The minimum Gasteiger partial charge on any atom is -0.512 e. The van der Waals surface area contributed by atoms with Gasteiger partial charge in [0, 0.05) is 11.5 Å². The molecule has 0 aliphatic rings. The van der Waals surface area contributed by atoms with Gasteiger partial charge in [-0.1, -0.05) is 27.7 Å². The number of amides is 1. The fraction of sp³-hybridized carbons (Fsp3) is 0.714. The molecule has 0 spiro atoms. The summed E-state index contributed by atoms with van der Waals surface area (Å²) in [6, 6.07) is 0. The van der Waals surface area contributed by atoms with E-state index in [0.717, 1.165) is 13.0 Å². The van der Waals surface area contributed by atoms with Gasteiger partial charge in [0.15, 0.2) is 0 Å². The van der Waals surface area contributed by atoms with E-state index in [1.54, 1.807) is 13.8 Å². The van der Waals surface area contributed by atoms with Crippen molar-refractivity contribution >= 4 is 11.7 Å². The van der Waals surface area contributed by atoms with Crippen molar-refractivity contribution in [3.63, 3.8) is 0 Å². The molecular formula is C14H27N3O2. The Hall–Kier alpha value is -1.36. The lowest BCUT2D eigenvalue weighted by Crippen LogP contribution is -2.53. The van der Waals surface area contributed by atoms with E-state index in [0.29, 0.717) is 0 Å². The zero-order valence-electron chi connectivity index (χ0n) is 12.8. The van der Waals surface area contributed by atoms with Gasteiger partial charge in [-0.15, -0.1) is 0 Å². The molecule has 0 rings (SSSR count). The second kappa shape index (κ2) is 6.70. The summed E-state index contributed by atoms with van der Waals surface area (Å²) in [5.41, 5.74) is -1.18. The van der Waals surface area contributed by atoms with E-state index in [-0.39, 0.29) is 17.5 Å². The van der Waals surface area contributed by atoms with Crippen molar-refractivity contribution in [2.75, 3.05) is 6.54 Å². The summed E-state index contributed by atoms with van der Waals surface area (Å²) >= 11 is 0. The zero-order chi connectivity index (χ0) is 15.3. The van der Waals surface area contributed by atoms with Gasteiger partial charge in [-0.2, -0.15) is 0 Å². The predicted molar refractivity (Wildman–Crippen MR) is 78.4 cm³/mol. The van der Waals surface area contributed by atoms with Crippen LogP contribution in [0.4, 0.5) is 0 Å². The number of nitrogens with one attached hydrogen (secondary N) is 3. The Morgan fingerprint density at radius 1 is 1.26 bits per heavy atom. The van der Waals surface area contributed by atoms with Crippen LogP contribution in [0.25, 0.3) is 0 Å². The van der Waals surface area contributed by atoms with Gasteiger partial charge >= 0.3 is 0 Å². The van der Waals surface area contributed by atoms with E-state index in [4.69, 9.17) is 5.41 Å². The zero-order valence-corrected chi connectivity index (χ0v) is 12.8. The SMILES string of the molecule is CCCNC(C)(C)C(=O)NC(=N)/C=C(\O)C(C)(C)C. The normalized spacial score (nSPS) is 13.3. The van der Waals surface area contributed by atoms with Crippen molar-refractivity contribution in [3.8, 4) is 0 Å². The molecule has 5 heteroatoms. The summed E-state index contributed by atoms with van der Waals surface area (Å²) in [6.45, 7) is 11.8. The monoisotopic (exact) mass is 269 g/mol. The first-order chi connectivity index (χ1) is 8.50. The fourth-order valence-corrected chi connectivity index (χ4v) is 1.19. The molecule has 5 nitrogen and oxygen atoms in total. The molecule has 0 heterocycles. The molecule has 0 bridgehead atoms. The standard InChI is InChI=1S/C14H27N3O2/c1-7-8-16-14(5,6)12(19)17-11(15)9-10(18)13(2,3)4/h9,16,18H,7-8H2,1-6H3,(H2,15,17,19)/b10-9-. The van der Waals surface area contributed by atoms with Crippen LogP contribution >= 0.6 is 0 Å². The third-order valence-corrected chi connectivity index (χ3v) is 2.68. The van der Waals surface area contributed by atoms with Crippen LogP contribution in [0, 0.1) is 10.8 Å². The highest BCUT2D eigenvalue weighted by Crippen LogP contribution is 2.21. The third-order valence-electron chi connectivity index (χ3n) is 2.68. The van der Waals surface area contributed by atoms with Crippen LogP contribution in [-0.4, -0.2) is 28.9 Å². The quantitative estimate of drug-likeness (QED) is 0.351. The number of carbonyl (C=O) groups is 1. The van der Waals surface area contributed by atoms with Gasteiger partial charge < -0.3 is 15.7 Å². The molecule has 0 saturated heterocycles. The summed E-state index contributed by atoms with van der Waals surface area (Å²) in [7, 11) is 0. The molecule has 0 aromatic carbocycles. The van der Waals surface area contributed by atoms with Gasteiger partial charge in [0.05, 0.1) is 5.54 Å². The largest absolute Gasteiger partial charge is 0.512 e. The van der Waals surface area contributed by atoms with Crippen LogP contribution in [0.1, 0.15) is 48.0 Å². The first kappa shape index (κ1) is 17.6. The van der Waals surface area contributed by atoms with E-state index >= 15 is 0 Å². The number of hydrogen-bond donors (Lipinski definition) is 4. The number of amidine groups is 1. The third kappa shape index (κ3) is 6.38. The summed E-state index contributed by atoms with van der Waals surface area (Å²) in [6.07, 6.45) is 2.20. The molecule has 1 amide bonds. The molecule has 0 radical (unpaired) electrons. The number of hydrogen-bond acceptors (Lipinski definition) is 4. The summed E-state index contributed by atoms with van der Waals surface area (Å²) < 4.78 is 0. The number of allylic oxidation sites excluding steroid dienone is 1. The Kier molecular flexibility index (Phi) is 6.22. The highest BCUT2D eigenvalue weighted by Gasteiger charge is 2.27. The maximum Gasteiger partial charge on any atom is 0.245 e. The molecular weight excluding hydrogens is 242 g/mol. The molecule has 110 valence electrons. The van der Waals surface area contributed by atoms with Crippen LogP contribution in [0.2, 0.25) is 0 Å². The minimum absolute atomic E-state index is 0.0668. The smallest absolute Gasteiger partial charge is 0.245 e. The fourth-order valence-electron chi connectivity index (χ4n) is 1.19. The van der Waals surface area contributed by atoms with Gasteiger partial charge in [0.2, 0.25) is 5.91 Å². The molecule has 0 atom stereocenters. The first-order valence-electron chi connectivity index (χ1n) is 6.57. The lowest BCUT2D eigenvalue weighted by molar-refractivity contribution is -0.124. The number of aliphatic hydroxyl groups is 1. The second-order valence-corrected chi connectivity index (χ2v) is 6.20. The Morgan fingerprint density at radius 3 is 2.21 bits per heavy atom. The maximum atomic E-state index is 12.0. The lowest BCUT2D eigenvalue weighted by Gasteiger charge is -2.25. The molecule has 0 fully saturated rings. The van der Waals surface area contributed by atoms with Gasteiger partial charge in [-0.3, -0.25) is 10.2 Å². The minimum atomic E-state index is -0.743. The van der Waals surface area contributed by atoms with Crippen molar-refractivity contribution in [1.82, 2.24) is 10.6 Å². The number of aliphatic hydroxyl groups excluding tert-OH is 1. The average molecular weight is 269 g/mol. The lowest BCUT2D eigenvalue weighted by atomic mass is 9.93. The van der Waals surface area contributed by atoms with Crippen molar-refractivity contribution < 1.29 is 9.90 Å². The van der Waals surface area contributed by atoms with Crippen molar-refractivity contribution in [3.05, 3.63) is 11.8 Å². The van der Waals surface area contributed by atoms with Crippen molar-refractivity contribution in [1.29, 1.82) is 5.41 Å². The molecule has 0 aromatic rings. The predicted octanol–water partition coefficient (Wildman–Crippen LogP) is 2.35.